The van der Waals surface area contributed by atoms with Gasteiger partial charge in [-0.25, -0.2) is 0 Å². The molecule has 2 aromatic carbocycles. The molecule has 124 valence electrons. The van der Waals surface area contributed by atoms with E-state index in [-0.39, 0.29) is 9.92 Å². The third-order valence-corrected chi connectivity index (χ3v) is 5.21. The van der Waals surface area contributed by atoms with E-state index in [4.69, 9.17) is 11.6 Å². The van der Waals surface area contributed by atoms with Crippen LogP contribution in [0.4, 0.5) is 5.69 Å². The van der Waals surface area contributed by atoms with E-state index in [1.807, 2.05) is 24.3 Å². The first-order chi connectivity index (χ1) is 11.4. The molecular formula is C15H12ClN3O4S. The molecular weight excluding hydrogens is 354 g/mol. The molecule has 0 radical (unpaired) electrons. The molecule has 3 rings (SSSR count). The Hall–Kier alpha value is -2.45. The predicted octanol–water partition coefficient (Wildman–Crippen LogP) is 2.88. The molecule has 0 unspecified atom stereocenters. The number of benzene rings is 2. The van der Waals surface area contributed by atoms with E-state index in [1.54, 1.807) is 0 Å². The average molecular weight is 366 g/mol. The molecule has 0 saturated heterocycles. The minimum atomic E-state index is -4.02. The molecule has 24 heavy (non-hydrogen) atoms. The van der Waals surface area contributed by atoms with Crippen LogP contribution in [0.3, 0.4) is 0 Å². The van der Waals surface area contributed by atoms with Crippen molar-refractivity contribution in [3.05, 3.63) is 68.7 Å². The van der Waals surface area contributed by atoms with E-state index in [1.165, 1.54) is 12.1 Å². The van der Waals surface area contributed by atoms with Crippen molar-refractivity contribution < 1.29 is 13.3 Å². The van der Waals surface area contributed by atoms with Crippen molar-refractivity contribution in [2.24, 2.45) is 5.10 Å². The first kappa shape index (κ1) is 16.4. The second-order valence-electron chi connectivity index (χ2n) is 5.18. The fraction of sp³-hybridized carbons (Fsp3) is 0.133. The van der Waals surface area contributed by atoms with Crippen LogP contribution >= 0.6 is 11.6 Å². The summed E-state index contributed by atoms with van der Waals surface area (Å²) in [5, 5.41) is 14.7. The van der Waals surface area contributed by atoms with E-state index in [0.29, 0.717) is 12.1 Å². The van der Waals surface area contributed by atoms with Crippen molar-refractivity contribution in [2.45, 2.75) is 17.7 Å². The highest BCUT2D eigenvalue weighted by molar-refractivity contribution is 7.89. The van der Waals surface area contributed by atoms with Crippen LogP contribution in [0.15, 0.2) is 52.5 Å². The van der Waals surface area contributed by atoms with Crippen LogP contribution in [-0.4, -0.2) is 19.1 Å². The minimum Gasteiger partial charge on any atom is -0.258 e. The summed E-state index contributed by atoms with van der Waals surface area (Å²) in [5.41, 5.74) is 2.18. The second-order valence-corrected chi connectivity index (χ2v) is 7.25. The number of nitrogens with zero attached hydrogens (tertiary/aromatic N) is 2. The van der Waals surface area contributed by atoms with Crippen LogP contribution in [-0.2, 0) is 16.4 Å². The Balaban J connectivity index is 1.89. The molecule has 0 heterocycles. The maximum atomic E-state index is 12.3. The monoisotopic (exact) mass is 365 g/mol. The van der Waals surface area contributed by atoms with Gasteiger partial charge in [-0.3, -0.25) is 10.1 Å². The van der Waals surface area contributed by atoms with Crippen LogP contribution in [0.1, 0.15) is 17.5 Å². The first-order valence-electron chi connectivity index (χ1n) is 6.99. The Kier molecular flexibility index (Phi) is 4.25. The second kappa shape index (κ2) is 6.21. The zero-order valence-electron chi connectivity index (χ0n) is 12.3. The van der Waals surface area contributed by atoms with Gasteiger partial charge in [0.25, 0.3) is 15.7 Å². The third kappa shape index (κ3) is 3.10. The van der Waals surface area contributed by atoms with Crippen LogP contribution in [0.2, 0.25) is 5.02 Å². The topological polar surface area (TPSA) is 102 Å². The Morgan fingerprint density at radius 2 is 1.92 bits per heavy atom. The van der Waals surface area contributed by atoms with Crippen LogP contribution < -0.4 is 4.83 Å². The lowest BCUT2D eigenvalue weighted by molar-refractivity contribution is -0.384. The zero-order valence-corrected chi connectivity index (χ0v) is 13.8. The van der Waals surface area contributed by atoms with Gasteiger partial charge in [-0.1, -0.05) is 35.9 Å². The zero-order chi connectivity index (χ0) is 17.3. The SMILES string of the molecule is O=[N+]([O-])c1cc(S(=O)(=O)N/N=C2\CCc3ccccc32)ccc1Cl. The van der Waals surface area contributed by atoms with Crippen molar-refractivity contribution >= 4 is 33.0 Å². The van der Waals surface area contributed by atoms with E-state index in [2.05, 4.69) is 9.93 Å². The standard InChI is InChI=1S/C15H12ClN3O4S/c16-13-7-6-11(9-15(13)19(20)21)24(22,23)18-17-14-8-5-10-3-1-2-4-12(10)14/h1-4,6-7,9,18H,5,8H2/b17-14+. The quantitative estimate of drug-likeness (QED) is 0.664. The Morgan fingerprint density at radius 3 is 2.67 bits per heavy atom. The molecule has 0 amide bonds. The molecule has 2 aromatic rings. The fourth-order valence-electron chi connectivity index (χ4n) is 2.49. The van der Waals surface area contributed by atoms with Gasteiger partial charge in [0.1, 0.15) is 5.02 Å². The smallest absolute Gasteiger partial charge is 0.258 e. The van der Waals surface area contributed by atoms with E-state index in [9.17, 15) is 18.5 Å². The largest absolute Gasteiger partial charge is 0.289 e. The summed E-state index contributed by atoms with van der Waals surface area (Å²) >= 11 is 5.69. The summed E-state index contributed by atoms with van der Waals surface area (Å²) < 4.78 is 24.6. The van der Waals surface area contributed by atoms with E-state index in [0.717, 1.165) is 23.6 Å². The number of hydrazone groups is 1. The first-order valence-corrected chi connectivity index (χ1v) is 8.85. The number of sulfonamides is 1. The number of fused-ring (bicyclic) bond motifs is 1. The predicted molar refractivity (Wildman–Crippen MR) is 89.7 cm³/mol. The summed E-state index contributed by atoms with van der Waals surface area (Å²) in [6.07, 6.45) is 1.42. The molecule has 0 aliphatic heterocycles. The van der Waals surface area contributed by atoms with Crippen LogP contribution in [0.5, 0.6) is 0 Å². The summed E-state index contributed by atoms with van der Waals surface area (Å²) in [7, 11) is -4.02. The lowest BCUT2D eigenvalue weighted by atomic mass is 10.1. The summed E-state index contributed by atoms with van der Waals surface area (Å²) in [4.78, 5) is 12.0. The van der Waals surface area contributed by atoms with Gasteiger partial charge in [0.15, 0.2) is 0 Å². The van der Waals surface area contributed by atoms with Crippen LogP contribution in [0, 0.1) is 10.1 Å². The van der Waals surface area contributed by atoms with Crippen molar-refractivity contribution in [3.63, 3.8) is 0 Å². The number of rotatable bonds is 4. The number of nitro benzene ring substituents is 1. The van der Waals surface area contributed by atoms with Crippen molar-refractivity contribution in [3.8, 4) is 0 Å². The molecule has 9 heteroatoms. The number of aryl methyl sites for hydroxylation is 1. The maximum absolute atomic E-state index is 12.3. The summed E-state index contributed by atoms with van der Waals surface area (Å²) in [6.45, 7) is 0. The highest BCUT2D eigenvalue weighted by Gasteiger charge is 2.22. The van der Waals surface area contributed by atoms with Gasteiger partial charge in [-0.15, -0.1) is 0 Å². The lowest BCUT2D eigenvalue weighted by Crippen LogP contribution is -2.20. The maximum Gasteiger partial charge on any atom is 0.289 e. The minimum absolute atomic E-state index is 0.130. The normalized spacial score (nSPS) is 15.3. The average Bonchev–Trinajstić information content (AvgIpc) is 2.96. The third-order valence-electron chi connectivity index (χ3n) is 3.68. The number of nitrogens with one attached hydrogen (secondary N) is 1. The van der Waals surface area contributed by atoms with Gasteiger partial charge in [0.2, 0.25) is 0 Å². The van der Waals surface area contributed by atoms with Crippen molar-refractivity contribution in [1.29, 1.82) is 0 Å². The number of hydrogen-bond acceptors (Lipinski definition) is 5. The molecule has 7 nitrogen and oxygen atoms in total. The number of nitro groups is 1. The van der Waals surface area contributed by atoms with Gasteiger partial charge >= 0.3 is 0 Å². The summed E-state index contributed by atoms with van der Waals surface area (Å²) in [5.74, 6) is 0. The highest BCUT2D eigenvalue weighted by atomic mass is 35.5. The molecule has 1 aliphatic carbocycles. The van der Waals surface area contributed by atoms with E-state index >= 15 is 0 Å². The number of hydrogen-bond donors (Lipinski definition) is 1. The van der Waals surface area contributed by atoms with Gasteiger partial charge in [0, 0.05) is 11.6 Å². The Bertz CT molecular complexity index is 957. The van der Waals surface area contributed by atoms with Gasteiger partial charge in [0.05, 0.1) is 15.5 Å². The Morgan fingerprint density at radius 1 is 1.17 bits per heavy atom. The summed E-state index contributed by atoms with van der Waals surface area (Å²) in [6, 6.07) is 10.9. The highest BCUT2D eigenvalue weighted by Crippen LogP contribution is 2.27. The molecule has 0 atom stereocenters. The fourth-order valence-corrected chi connectivity index (χ4v) is 3.53. The molecule has 0 bridgehead atoms. The molecule has 0 fully saturated rings. The molecule has 0 saturated carbocycles. The van der Waals surface area contributed by atoms with Crippen molar-refractivity contribution in [1.82, 2.24) is 4.83 Å². The lowest BCUT2D eigenvalue weighted by Gasteiger charge is -2.06. The van der Waals surface area contributed by atoms with E-state index < -0.39 is 20.6 Å². The van der Waals surface area contributed by atoms with Crippen LogP contribution in [0.25, 0.3) is 0 Å². The van der Waals surface area contributed by atoms with Gasteiger partial charge < -0.3 is 0 Å². The van der Waals surface area contributed by atoms with Gasteiger partial charge in [-0.2, -0.15) is 18.4 Å². The molecule has 0 spiro atoms. The molecule has 1 N–H and O–H groups in total. The van der Waals surface area contributed by atoms with Crippen molar-refractivity contribution in [2.75, 3.05) is 0 Å². The number of halogens is 1. The van der Waals surface area contributed by atoms with Gasteiger partial charge in [-0.05, 0) is 30.5 Å². The Labute approximate surface area is 143 Å². The molecule has 1 aliphatic rings. The molecule has 0 aromatic heterocycles.